The van der Waals surface area contributed by atoms with Gasteiger partial charge >= 0.3 is 0 Å². The normalized spacial score (nSPS) is 17.0. The van der Waals surface area contributed by atoms with E-state index in [9.17, 15) is 4.79 Å². The Bertz CT molecular complexity index is 906. The molecule has 0 saturated carbocycles. The number of para-hydroxylation sites is 1. The van der Waals surface area contributed by atoms with Crippen molar-refractivity contribution in [3.8, 4) is 17.2 Å². The summed E-state index contributed by atoms with van der Waals surface area (Å²) in [7, 11) is 0. The van der Waals surface area contributed by atoms with Gasteiger partial charge in [0.2, 0.25) is 12.3 Å². The van der Waals surface area contributed by atoms with Crippen molar-refractivity contribution in [1.29, 1.82) is 0 Å². The molecule has 0 bridgehead atoms. The number of carbonyl (C=O) groups is 1. The van der Waals surface area contributed by atoms with Crippen molar-refractivity contribution in [2.75, 3.05) is 4.90 Å². The van der Waals surface area contributed by atoms with Crippen LogP contribution in [0.1, 0.15) is 19.4 Å². The standard InChI is InChI=1S/C20H19N3O3/c1-13-11-16-5-3-4-6-18(16)23(13)20(24)14(2)26-17-9-7-15(8-10-17)19-22-21-12-25-19/h3-10,12-14H,11H2,1-2H3/t13-,14+/m0/s1. The molecule has 3 aromatic rings. The third-order valence-electron chi connectivity index (χ3n) is 4.57. The molecule has 1 aromatic heterocycles. The van der Waals surface area contributed by atoms with Crippen LogP contribution in [0.3, 0.4) is 0 Å². The number of benzene rings is 2. The Morgan fingerprint density at radius 1 is 1.23 bits per heavy atom. The van der Waals surface area contributed by atoms with E-state index in [1.165, 1.54) is 12.0 Å². The van der Waals surface area contributed by atoms with Crippen LogP contribution in [0.5, 0.6) is 5.75 Å². The zero-order valence-corrected chi connectivity index (χ0v) is 14.6. The van der Waals surface area contributed by atoms with E-state index in [1.54, 1.807) is 19.1 Å². The predicted molar refractivity (Wildman–Crippen MR) is 96.9 cm³/mol. The van der Waals surface area contributed by atoms with Crippen molar-refractivity contribution in [3.63, 3.8) is 0 Å². The first-order valence-electron chi connectivity index (χ1n) is 8.57. The fourth-order valence-corrected chi connectivity index (χ4v) is 3.33. The van der Waals surface area contributed by atoms with Gasteiger partial charge in [-0.2, -0.15) is 0 Å². The molecular weight excluding hydrogens is 330 g/mol. The Hall–Kier alpha value is -3.15. The van der Waals surface area contributed by atoms with E-state index in [4.69, 9.17) is 9.15 Å². The van der Waals surface area contributed by atoms with Crippen LogP contribution >= 0.6 is 0 Å². The maximum atomic E-state index is 12.9. The van der Waals surface area contributed by atoms with Crippen LogP contribution in [0.4, 0.5) is 5.69 Å². The van der Waals surface area contributed by atoms with Crippen LogP contribution in [-0.4, -0.2) is 28.3 Å². The Kier molecular flexibility index (Phi) is 4.16. The first-order valence-corrected chi connectivity index (χ1v) is 8.57. The van der Waals surface area contributed by atoms with Crippen molar-refractivity contribution < 1.29 is 13.9 Å². The Morgan fingerprint density at radius 2 is 2.00 bits per heavy atom. The van der Waals surface area contributed by atoms with E-state index >= 15 is 0 Å². The molecule has 0 fully saturated rings. The van der Waals surface area contributed by atoms with Gasteiger partial charge in [0.1, 0.15) is 5.75 Å². The second kappa shape index (κ2) is 6.63. The molecule has 6 nitrogen and oxygen atoms in total. The second-order valence-corrected chi connectivity index (χ2v) is 6.42. The third kappa shape index (κ3) is 2.94. The highest BCUT2D eigenvalue weighted by atomic mass is 16.5. The van der Waals surface area contributed by atoms with Gasteiger partial charge in [0.15, 0.2) is 6.10 Å². The smallest absolute Gasteiger partial charge is 0.268 e. The van der Waals surface area contributed by atoms with Crippen LogP contribution in [0, 0.1) is 0 Å². The molecular formula is C20H19N3O3. The van der Waals surface area contributed by atoms with Gasteiger partial charge in [-0.25, -0.2) is 0 Å². The van der Waals surface area contributed by atoms with E-state index in [0.717, 1.165) is 17.7 Å². The quantitative estimate of drug-likeness (QED) is 0.721. The first-order chi connectivity index (χ1) is 12.6. The molecule has 2 heterocycles. The summed E-state index contributed by atoms with van der Waals surface area (Å²) < 4.78 is 11.0. The monoisotopic (exact) mass is 349 g/mol. The van der Waals surface area contributed by atoms with Gasteiger partial charge in [-0.1, -0.05) is 18.2 Å². The molecule has 0 unspecified atom stereocenters. The predicted octanol–water partition coefficient (Wildman–Crippen LogP) is 3.48. The molecule has 0 spiro atoms. The van der Waals surface area contributed by atoms with E-state index in [0.29, 0.717) is 11.6 Å². The lowest BCUT2D eigenvalue weighted by molar-refractivity contribution is -0.124. The number of rotatable bonds is 4. The summed E-state index contributed by atoms with van der Waals surface area (Å²) in [5.41, 5.74) is 2.98. The van der Waals surface area contributed by atoms with Crippen molar-refractivity contribution in [2.24, 2.45) is 0 Å². The number of amides is 1. The van der Waals surface area contributed by atoms with E-state index in [1.807, 2.05) is 35.2 Å². The lowest BCUT2D eigenvalue weighted by Crippen LogP contribution is -2.43. The van der Waals surface area contributed by atoms with Crippen LogP contribution in [-0.2, 0) is 11.2 Å². The zero-order valence-electron chi connectivity index (χ0n) is 14.6. The SMILES string of the molecule is C[C@@H](Oc1ccc(-c2nnco2)cc1)C(=O)N1c2ccccc2C[C@@H]1C. The number of carbonyl (C=O) groups excluding carboxylic acids is 1. The van der Waals surface area contributed by atoms with Crippen molar-refractivity contribution in [1.82, 2.24) is 10.2 Å². The van der Waals surface area contributed by atoms with Gasteiger partial charge in [0.05, 0.1) is 0 Å². The van der Waals surface area contributed by atoms with E-state index in [2.05, 4.69) is 23.2 Å². The number of anilines is 1. The van der Waals surface area contributed by atoms with Gasteiger partial charge < -0.3 is 14.1 Å². The Balaban J connectivity index is 1.48. The molecule has 26 heavy (non-hydrogen) atoms. The highest BCUT2D eigenvalue weighted by Gasteiger charge is 2.33. The summed E-state index contributed by atoms with van der Waals surface area (Å²) in [5.74, 6) is 1.03. The number of fused-ring (bicyclic) bond motifs is 1. The van der Waals surface area contributed by atoms with Crippen LogP contribution in [0.2, 0.25) is 0 Å². The molecule has 1 amide bonds. The maximum Gasteiger partial charge on any atom is 0.268 e. The zero-order chi connectivity index (χ0) is 18.1. The number of hydrogen-bond acceptors (Lipinski definition) is 5. The molecule has 4 rings (SSSR count). The minimum Gasteiger partial charge on any atom is -0.481 e. The van der Waals surface area contributed by atoms with E-state index in [-0.39, 0.29) is 11.9 Å². The van der Waals surface area contributed by atoms with Crippen LogP contribution in [0.15, 0.2) is 59.3 Å². The molecule has 132 valence electrons. The Morgan fingerprint density at radius 3 is 2.73 bits per heavy atom. The van der Waals surface area contributed by atoms with Crippen molar-refractivity contribution >= 4 is 11.6 Å². The number of hydrogen-bond donors (Lipinski definition) is 0. The minimum absolute atomic E-state index is 0.0385. The van der Waals surface area contributed by atoms with E-state index < -0.39 is 6.10 Å². The molecule has 0 aliphatic carbocycles. The number of nitrogens with zero attached hydrogens (tertiary/aromatic N) is 3. The highest BCUT2D eigenvalue weighted by Crippen LogP contribution is 2.32. The molecule has 0 saturated heterocycles. The molecule has 0 radical (unpaired) electrons. The van der Waals surface area contributed by atoms with Gasteiger partial charge in [-0.15, -0.1) is 10.2 Å². The number of ether oxygens (including phenoxy) is 1. The topological polar surface area (TPSA) is 68.5 Å². The summed E-state index contributed by atoms with van der Waals surface area (Å²) in [6, 6.07) is 15.4. The average molecular weight is 349 g/mol. The summed E-state index contributed by atoms with van der Waals surface area (Å²) in [5, 5.41) is 7.53. The van der Waals surface area contributed by atoms with Crippen LogP contribution < -0.4 is 9.64 Å². The molecule has 2 atom stereocenters. The molecule has 1 aliphatic rings. The number of aromatic nitrogens is 2. The Labute approximate surface area is 151 Å². The van der Waals surface area contributed by atoms with Crippen molar-refractivity contribution in [2.45, 2.75) is 32.4 Å². The molecule has 2 aromatic carbocycles. The highest BCUT2D eigenvalue weighted by molar-refractivity contribution is 5.99. The van der Waals surface area contributed by atoms with Gasteiger partial charge in [0, 0.05) is 17.3 Å². The lowest BCUT2D eigenvalue weighted by Gasteiger charge is -2.26. The molecule has 6 heteroatoms. The molecule has 0 N–H and O–H groups in total. The maximum absolute atomic E-state index is 12.9. The summed E-state index contributed by atoms with van der Waals surface area (Å²) in [6.45, 7) is 3.84. The molecule has 1 aliphatic heterocycles. The van der Waals surface area contributed by atoms with Gasteiger partial charge in [-0.05, 0) is 56.2 Å². The summed E-state index contributed by atoms with van der Waals surface area (Å²) in [4.78, 5) is 14.8. The average Bonchev–Trinajstić information content (AvgIpc) is 3.29. The fraction of sp³-hybridized carbons (Fsp3) is 0.250. The second-order valence-electron chi connectivity index (χ2n) is 6.42. The largest absolute Gasteiger partial charge is 0.481 e. The fourth-order valence-electron chi connectivity index (χ4n) is 3.33. The van der Waals surface area contributed by atoms with Gasteiger partial charge in [-0.3, -0.25) is 4.79 Å². The lowest BCUT2D eigenvalue weighted by atomic mass is 10.1. The first kappa shape index (κ1) is 16.3. The van der Waals surface area contributed by atoms with Crippen LogP contribution in [0.25, 0.3) is 11.5 Å². The van der Waals surface area contributed by atoms with Crippen molar-refractivity contribution in [3.05, 3.63) is 60.5 Å². The summed E-state index contributed by atoms with van der Waals surface area (Å²) in [6.07, 6.45) is 1.57. The van der Waals surface area contributed by atoms with Gasteiger partial charge in [0.25, 0.3) is 5.91 Å². The minimum atomic E-state index is -0.585. The summed E-state index contributed by atoms with van der Waals surface area (Å²) >= 11 is 0. The third-order valence-corrected chi connectivity index (χ3v) is 4.57.